The summed E-state index contributed by atoms with van der Waals surface area (Å²) in [5.41, 5.74) is 5.68. The van der Waals surface area contributed by atoms with Crippen molar-refractivity contribution >= 4 is 34.9 Å². The standard InChI is InChI=1S/C13H24N2OS2/c1-8(2)11(12(14)17)13(16)15-9-6-4-5-7-10(9)18-3/h8-11H,4-7H2,1-3H3,(H2,14,17)(H,15,16). The van der Waals surface area contributed by atoms with Gasteiger partial charge in [0.05, 0.1) is 10.9 Å². The van der Waals surface area contributed by atoms with Gasteiger partial charge >= 0.3 is 0 Å². The number of thiocarbonyl (C=S) groups is 1. The van der Waals surface area contributed by atoms with Gasteiger partial charge in [-0.25, -0.2) is 0 Å². The predicted octanol–water partition coefficient (Wildman–Crippen LogP) is 2.34. The van der Waals surface area contributed by atoms with Crippen LogP contribution in [0.3, 0.4) is 0 Å². The van der Waals surface area contributed by atoms with Gasteiger partial charge in [0, 0.05) is 11.3 Å². The lowest BCUT2D eigenvalue weighted by atomic mass is 9.91. The van der Waals surface area contributed by atoms with Crippen LogP contribution in [-0.4, -0.2) is 28.4 Å². The summed E-state index contributed by atoms with van der Waals surface area (Å²) in [5.74, 6) is -0.188. The van der Waals surface area contributed by atoms with Gasteiger partial charge in [0.2, 0.25) is 5.91 Å². The SMILES string of the molecule is CSC1CCCCC1NC(=O)C(C(N)=S)C(C)C. The second-order valence-electron chi connectivity index (χ2n) is 5.30. The molecule has 3 atom stereocenters. The molecule has 0 saturated heterocycles. The largest absolute Gasteiger partial charge is 0.393 e. The van der Waals surface area contributed by atoms with E-state index in [9.17, 15) is 4.79 Å². The maximum Gasteiger partial charge on any atom is 0.230 e. The zero-order valence-electron chi connectivity index (χ0n) is 11.4. The third kappa shape index (κ3) is 4.12. The molecule has 1 saturated carbocycles. The highest BCUT2D eigenvalue weighted by atomic mass is 32.2. The third-order valence-corrected chi connectivity index (χ3v) is 5.01. The van der Waals surface area contributed by atoms with Crippen molar-refractivity contribution in [3.8, 4) is 0 Å². The Hall–Kier alpha value is -0.290. The molecule has 1 amide bonds. The summed E-state index contributed by atoms with van der Waals surface area (Å²) in [7, 11) is 0. The zero-order chi connectivity index (χ0) is 13.7. The van der Waals surface area contributed by atoms with Gasteiger partial charge in [-0.05, 0) is 25.0 Å². The minimum Gasteiger partial charge on any atom is -0.393 e. The lowest BCUT2D eigenvalue weighted by Crippen LogP contribution is -2.49. The van der Waals surface area contributed by atoms with Crippen LogP contribution < -0.4 is 11.1 Å². The van der Waals surface area contributed by atoms with Crippen LogP contribution in [0.25, 0.3) is 0 Å². The molecule has 104 valence electrons. The first-order valence-electron chi connectivity index (χ1n) is 6.59. The van der Waals surface area contributed by atoms with E-state index < -0.39 is 0 Å². The van der Waals surface area contributed by atoms with E-state index in [1.807, 2.05) is 25.6 Å². The van der Waals surface area contributed by atoms with Gasteiger partial charge in [-0.15, -0.1) is 0 Å². The molecule has 0 aromatic heterocycles. The minimum absolute atomic E-state index is 0.00319. The lowest BCUT2D eigenvalue weighted by Gasteiger charge is -2.32. The van der Waals surface area contributed by atoms with E-state index >= 15 is 0 Å². The van der Waals surface area contributed by atoms with Gasteiger partial charge in [-0.2, -0.15) is 11.8 Å². The van der Waals surface area contributed by atoms with Gasteiger partial charge in [-0.1, -0.05) is 38.9 Å². The first kappa shape index (κ1) is 15.8. The molecule has 0 heterocycles. The van der Waals surface area contributed by atoms with Crippen LogP contribution in [0.15, 0.2) is 0 Å². The number of carbonyl (C=O) groups excluding carboxylic acids is 1. The van der Waals surface area contributed by atoms with Crippen molar-refractivity contribution in [2.75, 3.05) is 6.26 Å². The van der Waals surface area contributed by atoms with E-state index in [1.165, 1.54) is 19.3 Å². The monoisotopic (exact) mass is 288 g/mol. The summed E-state index contributed by atoms with van der Waals surface area (Å²) in [5, 5.41) is 3.68. The molecule has 0 spiro atoms. The molecule has 0 bridgehead atoms. The Labute approximate surface area is 120 Å². The van der Waals surface area contributed by atoms with Gasteiger partial charge < -0.3 is 11.1 Å². The van der Waals surface area contributed by atoms with Gasteiger partial charge in [-0.3, -0.25) is 4.79 Å². The van der Waals surface area contributed by atoms with Gasteiger partial charge in [0.15, 0.2) is 0 Å². The average Bonchev–Trinajstić information content (AvgIpc) is 2.28. The molecule has 1 fully saturated rings. The maximum absolute atomic E-state index is 12.3. The predicted molar refractivity (Wildman–Crippen MR) is 82.8 cm³/mol. The van der Waals surface area contributed by atoms with E-state index in [0.29, 0.717) is 10.2 Å². The summed E-state index contributed by atoms with van der Waals surface area (Å²) < 4.78 is 0. The van der Waals surface area contributed by atoms with E-state index in [4.69, 9.17) is 18.0 Å². The number of thioether (sulfide) groups is 1. The number of carbonyl (C=O) groups is 1. The normalized spacial score (nSPS) is 25.8. The summed E-state index contributed by atoms with van der Waals surface area (Å²) in [6.07, 6.45) is 6.83. The van der Waals surface area contributed by atoms with Crippen molar-refractivity contribution in [1.82, 2.24) is 5.32 Å². The van der Waals surface area contributed by atoms with Crippen molar-refractivity contribution in [2.45, 2.75) is 50.8 Å². The fourth-order valence-corrected chi connectivity index (χ4v) is 3.89. The topological polar surface area (TPSA) is 55.1 Å². The van der Waals surface area contributed by atoms with E-state index in [-0.39, 0.29) is 23.8 Å². The van der Waals surface area contributed by atoms with Crippen molar-refractivity contribution in [3.63, 3.8) is 0 Å². The van der Waals surface area contributed by atoms with E-state index in [2.05, 4.69) is 11.6 Å². The Balaban J connectivity index is 2.64. The number of nitrogens with one attached hydrogen (secondary N) is 1. The molecule has 0 aromatic carbocycles. The summed E-state index contributed by atoms with van der Waals surface area (Å²) in [6, 6.07) is 0.275. The van der Waals surface area contributed by atoms with Crippen LogP contribution >= 0.6 is 24.0 Å². The second-order valence-corrected chi connectivity index (χ2v) is 6.85. The highest BCUT2D eigenvalue weighted by Gasteiger charge is 2.30. The van der Waals surface area contributed by atoms with Crippen LogP contribution in [0, 0.1) is 11.8 Å². The molecule has 0 aromatic rings. The molecule has 3 nitrogen and oxygen atoms in total. The van der Waals surface area contributed by atoms with Gasteiger partial charge in [0.25, 0.3) is 0 Å². The quantitative estimate of drug-likeness (QED) is 0.762. The number of nitrogens with two attached hydrogens (primary N) is 1. The lowest BCUT2D eigenvalue weighted by molar-refractivity contribution is -0.124. The Morgan fingerprint density at radius 2 is 2.00 bits per heavy atom. The van der Waals surface area contributed by atoms with Crippen LogP contribution in [0.4, 0.5) is 0 Å². The summed E-state index contributed by atoms with van der Waals surface area (Å²) in [4.78, 5) is 12.6. The third-order valence-electron chi connectivity index (χ3n) is 3.59. The van der Waals surface area contributed by atoms with Gasteiger partial charge in [0.1, 0.15) is 0 Å². The minimum atomic E-state index is -0.343. The van der Waals surface area contributed by atoms with Crippen LogP contribution in [0.1, 0.15) is 39.5 Å². The van der Waals surface area contributed by atoms with Crippen LogP contribution in [0.5, 0.6) is 0 Å². The molecular weight excluding hydrogens is 264 g/mol. The zero-order valence-corrected chi connectivity index (χ0v) is 13.1. The Morgan fingerprint density at radius 3 is 2.50 bits per heavy atom. The summed E-state index contributed by atoms with van der Waals surface area (Å²) >= 11 is 6.85. The molecule has 1 rings (SSSR count). The Morgan fingerprint density at radius 1 is 1.39 bits per heavy atom. The molecule has 0 radical (unpaired) electrons. The van der Waals surface area contributed by atoms with Crippen molar-refractivity contribution < 1.29 is 4.79 Å². The molecule has 1 aliphatic carbocycles. The number of hydrogen-bond donors (Lipinski definition) is 2. The van der Waals surface area contributed by atoms with E-state index in [1.54, 1.807) is 0 Å². The Kier molecular flexibility index (Phi) is 6.43. The number of hydrogen-bond acceptors (Lipinski definition) is 3. The first-order valence-corrected chi connectivity index (χ1v) is 8.29. The molecule has 18 heavy (non-hydrogen) atoms. The van der Waals surface area contributed by atoms with Crippen LogP contribution in [-0.2, 0) is 4.79 Å². The average molecular weight is 288 g/mol. The molecule has 3 unspecified atom stereocenters. The van der Waals surface area contributed by atoms with Crippen molar-refractivity contribution in [2.24, 2.45) is 17.6 Å². The van der Waals surface area contributed by atoms with Crippen molar-refractivity contribution in [1.29, 1.82) is 0 Å². The highest BCUT2D eigenvalue weighted by Crippen LogP contribution is 2.27. The molecule has 3 N–H and O–H groups in total. The first-order chi connectivity index (χ1) is 8.47. The molecular formula is C13H24N2OS2. The second kappa shape index (κ2) is 7.34. The van der Waals surface area contributed by atoms with E-state index in [0.717, 1.165) is 6.42 Å². The molecule has 0 aliphatic heterocycles. The Bertz CT molecular complexity index is 307. The molecule has 1 aliphatic rings. The maximum atomic E-state index is 12.3. The summed E-state index contributed by atoms with van der Waals surface area (Å²) in [6.45, 7) is 3.96. The fourth-order valence-electron chi connectivity index (χ4n) is 2.58. The highest BCUT2D eigenvalue weighted by molar-refractivity contribution is 7.99. The number of rotatable bonds is 5. The van der Waals surface area contributed by atoms with Crippen molar-refractivity contribution in [3.05, 3.63) is 0 Å². The smallest absolute Gasteiger partial charge is 0.230 e. The molecule has 5 heteroatoms. The van der Waals surface area contributed by atoms with Crippen LogP contribution in [0.2, 0.25) is 0 Å². The fraction of sp³-hybridized carbons (Fsp3) is 0.846. The number of amides is 1.